The molecule has 0 aliphatic carbocycles. The highest BCUT2D eigenvalue weighted by Crippen LogP contribution is 2.15. The first-order valence-electron chi connectivity index (χ1n) is 5.24. The number of rotatable bonds is 5. The normalized spacial score (nSPS) is 14.9. The minimum atomic E-state index is -0.244. The van der Waals surface area contributed by atoms with Crippen LogP contribution >= 0.6 is 15.9 Å². The lowest BCUT2D eigenvalue weighted by Crippen LogP contribution is -2.28. The SMILES string of the molecule is CC(O)CC(C)NCc1ccccc1Br. The predicted molar refractivity (Wildman–Crippen MR) is 66.7 cm³/mol. The average Bonchev–Trinajstić information content (AvgIpc) is 2.15. The second kappa shape index (κ2) is 6.26. The van der Waals surface area contributed by atoms with Crippen molar-refractivity contribution in [1.82, 2.24) is 5.32 Å². The van der Waals surface area contributed by atoms with Crippen LogP contribution in [0.25, 0.3) is 0 Å². The molecule has 2 nitrogen and oxygen atoms in total. The molecule has 0 saturated carbocycles. The molecule has 1 rings (SSSR count). The Balaban J connectivity index is 2.40. The lowest BCUT2D eigenvalue weighted by atomic mass is 10.1. The third kappa shape index (κ3) is 4.78. The summed E-state index contributed by atoms with van der Waals surface area (Å²) < 4.78 is 1.13. The summed E-state index contributed by atoms with van der Waals surface area (Å²) in [5, 5.41) is 12.6. The third-order valence-corrected chi connectivity index (χ3v) is 3.07. The topological polar surface area (TPSA) is 32.3 Å². The van der Waals surface area contributed by atoms with Gasteiger partial charge in [-0.3, -0.25) is 0 Å². The van der Waals surface area contributed by atoms with Crippen LogP contribution in [-0.2, 0) is 6.54 Å². The van der Waals surface area contributed by atoms with E-state index >= 15 is 0 Å². The maximum Gasteiger partial charge on any atom is 0.0526 e. The Labute approximate surface area is 99.8 Å². The number of aliphatic hydroxyl groups is 1. The number of aliphatic hydroxyl groups excluding tert-OH is 1. The average molecular weight is 272 g/mol. The number of benzene rings is 1. The first-order chi connectivity index (χ1) is 7.09. The van der Waals surface area contributed by atoms with Gasteiger partial charge in [0, 0.05) is 17.1 Å². The van der Waals surface area contributed by atoms with Gasteiger partial charge >= 0.3 is 0 Å². The van der Waals surface area contributed by atoms with Gasteiger partial charge in [0.15, 0.2) is 0 Å². The van der Waals surface area contributed by atoms with Gasteiger partial charge in [-0.05, 0) is 31.9 Å². The quantitative estimate of drug-likeness (QED) is 0.863. The molecule has 0 aliphatic rings. The summed E-state index contributed by atoms with van der Waals surface area (Å²) in [5.74, 6) is 0. The molecular formula is C12H18BrNO. The van der Waals surface area contributed by atoms with Crippen LogP contribution in [0.3, 0.4) is 0 Å². The van der Waals surface area contributed by atoms with E-state index in [4.69, 9.17) is 0 Å². The maximum absolute atomic E-state index is 9.23. The molecule has 0 radical (unpaired) electrons. The summed E-state index contributed by atoms with van der Waals surface area (Å²) in [6, 6.07) is 8.49. The summed E-state index contributed by atoms with van der Waals surface area (Å²) in [6.45, 7) is 4.73. The number of halogens is 1. The highest BCUT2D eigenvalue weighted by molar-refractivity contribution is 9.10. The van der Waals surface area contributed by atoms with Gasteiger partial charge in [0.1, 0.15) is 0 Å². The zero-order valence-corrected chi connectivity index (χ0v) is 10.8. The van der Waals surface area contributed by atoms with Crippen molar-refractivity contribution in [2.45, 2.75) is 39.0 Å². The van der Waals surface area contributed by atoms with E-state index in [9.17, 15) is 5.11 Å². The lowest BCUT2D eigenvalue weighted by molar-refractivity contribution is 0.170. The summed E-state index contributed by atoms with van der Waals surface area (Å²) in [6.07, 6.45) is 0.538. The molecule has 0 amide bonds. The maximum atomic E-state index is 9.23. The minimum Gasteiger partial charge on any atom is -0.393 e. The zero-order chi connectivity index (χ0) is 11.3. The fraction of sp³-hybridized carbons (Fsp3) is 0.500. The van der Waals surface area contributed by atoms with E-state index in [1.54, 1.807) is 0 Å². The molecule has 1 aromatic rings. The Hall–Kier alpha value is -0.380. The highest BCUT2D eigenvalue weighted by Gasteiger charge is 2.06. The molecule has 15 heavy (non-hydrogen) atoms. The van der Waals surface area contributed by atoms with Crippen molar-refractivity contribution in [1.29, 1.82) is 0 Å². The van der Waals surface area contributed by atoms with Gasteiger partial charge in [0.05, 0.1) is 6.10 Å². The van der Waals surface area contributed by atoms with Crippen LogP contribution in [0.4, 0.5) is 0 Å². The van der Waals surface area contributed by atoms with Crippen molar-refractivity contribution in [3.63, 3.8) is 0 Å². The van der Waals surface area contributed by atoms with E-state index < -0.39 is 0 Å². The van der Waals surface area contributed by atoms with Gasteiger partial charge in [-0.2, -0.15) is 0 Å². The van der Waals surface area contributed by atoms with E-state index in [1.807, 2.05) is 25.1 Å². The van der Waals surface area contributed by atoms with Crippen molar-refractivity contribution in [2.24, 2.45) is 0 Å². The van der Waals surface area contributed by atoms with Crippen LogP contribution in [0.2, 0.25) is 0 Å². The van der Waals surface area contributed by atoms with Crippen LogP contribution in [0, 0.1) is 0 Å². The van der Waals surface area contributed by atoms with E-state index in [0.717, 1.165) is 17.4 Å². The molecule has 2 N–H and O–H groups in total. The van der Waals surface area contributed by atoms with Gasteiger partial charge in [-0.25, -0.2) is 0 Å². The monoisotopic (exact) mass is 271 g/mol. The zero-order valence-electron chi connectivity index (χ0n) is 9.20. The van der Waals surface area contributed by atoms with Gasteiger partial charge in [-0.15, -0.1) is 0 Å². The van der Waals surface area contributed by atoms with Crippen LogP contribution in [0.1, 0.15) is 25.8 Å². The molecule has 0 aromatic heterocycles. The largest absolute Gasteiger partial charge is 0.393 e. The number of hydrogen-bond donors (Lipinski definition) is 2. The summed E-state index contributed by atoms with van der Waals surface area (Å²) in [5.41, 5.74) is 1.25. The first-order valence-corrected chi connectivity index (χ1v) is 6.03. The number of hydrogen-bond acceptors (Lipinski definition) is 2. The second-order valence-electron chi connectivity index (χ2n) is 3.96. The van der Waals surface area contributed by atoms with Gasteiger partial charge in [-0.1, -0.05) is 34.1 Å². The first kappa shape index (κ1) is 12.7. The van der Waals surface area contributed by atoms with Gasteiger partial charge in [0.25, 0.3) is 0 Å². The lowest BCUT2D eigenvalue weighted by Gasteiger charge is -2.15. The molecule has 3 heteroatoms. The van der Waals surface area contributed by atoms with Gasteiger partial charge in [0.2, 0.25) is 0 Å². The van der Waals surface area contributed by atoms with E-state index in [1.165, 1.54) is 5.56 Å². The Morgan fingerprint density at radius 3 is 2.60 bits per heavy atom. The summed E-state index contributed by atoms with van der Waals surface area (Å²) in [7, 11) is 0. The Morgan fingerprint density at radius 1 is 1.33 bits per heavy atom. The van der Waals surface area contributed by atoms with E-state index in [0.29, 0.717) is 6.04 Å². The predicted octanol–water partition coefficient (Wildman–Crippen LogP) is 2.70. The van der Waals surface area contributed by atoms with Crippen molar-refractivity contribution >= 4 is 15.9 Å². The molecule has 2 atom stereocenters. The molecule has 0 aliphatic heterocycles. The fourth-order valence-electron chi connectivity index (χ4n) is 1.52. The van der Waals surface area contributed by atoms with Crippen molar-refractivity contribution in [3.05, 3.63) is 34.3 Å². The van der Waals surface area contributed by atoms with Crippen LogP contribution in [-0.4, -0.2) is 17.3 Å². The molecule has 1 aromatic carbocycles. The molecule has 0 saturated heterocycles. The summed E-state index contributed by atoms with van der Waals surface area (Å²) in [4.78, 5) is 0. The fourth-order valence-corrected chi connectivity index (χ4v) is 1.95. The molecule has 0 fully saturated rings. The standard InChI is InChI=1S/C12H18BrNO/c1-9(7-10(2)15)14-8-11-5-3-4-6-12(11)13/h3-6,9-10,14-15H,7-8H2,1-2H3. The molecule has 0 spiro atoms. The highest BCUT2D eigenvalue weighted by atomic mass is 79.9. The van der Waals surface area contributed by atoms with E-state index in [2.05, 4.69) is 34.2 Å². The molecule has 2 unspecified atom stereocenters. The van der Waals surface area contributed by atoms with Gasteiger partial charge < -0.3 is 10.4 Å². The number of nitrogens with one attached hydrogen (secondary N) is 1. The second-order valence-corrected chi connectivity index (χ2v) is 4.81. The Bertz CT molecular complexity index is 301. The molecule has 84 valence electrons. The van der Waals surface area contributed by atoms with Crippen LogP contribution in [0.5, 0.6) is 0 Å². The van der Waals surface area contributed by atoms with Crippen LogP contribution in [0.15, 0.2) is 28.7 Å². The Kier molecular flexibility index (Phi) is 5.29. The molecule has 0 heterocycles. The minimum absolute atomic E-state index is 0.244. The van der Waals surface area contributed by atoms with Crippen molar-refractivity contribution < 1.29 is 5.11 Å². The van der Waals surface area contributed by atoms with Crippen molar-refractivity contribution in [3.8, 4) is 0 Å². The van der Waals surface area contributed by atoms with Crippen LogP contribution < -0.4 is 5.32 Å². The molecule has 0 bridgehead atoms. The summed E-state index contributed by atoms with van der Waals surface area (Å²) >= 11 is 3.51. The Morgan fingerprint density at radius 2 is 2.00 bits per heavy atom. The van der Waals surface area contributed by atoms with Crippen molar-refractivity contribution in [2.75, 3.05) is 0 Å². The third-order valence-electron chi connectivity index (χ3n) is 2.29. The van der Waals surface area contributed by atoms with E-state index in [-0.39, 0.29) is 6.10 Å². The molecular weight excluding hydrogens is 254 g/mol. The smallest absolute Gasteiger partial charge is 0.0526 e.